The first-order chi connectivity index (χ1) is 15.0. The minimum Gasteiger partial charge on any atom is -0.494 e. The molecule has 31 heavy (non-hydrogen) atoms. The van der Waals surface area contributed by atoms with Crippen LogP contribution in [-0.4, -0.2) is 47.3 Å². The third-order valence-corrected chi connectivity index (χ3v) is 5.91. The normalized spacial score (nSPS) is 16.6. The monoisotopic (exact) mass is 421 g/mol. The smallest absolute Gasteiger partial charge is 0.225 e. The molecule has 3 aromatic rings. The van der Waals surface area contributed by atoms with Crippen molar-refractivity contribution in [2.45, 2.75) is 46.2 Å². The van der Waals surface area contributed by atoms with Crippen LogP contribution in [0.15, 0.2) is 35.0 Å². The molecule has 164 valence electrons. The van der Waals surface area contributed by atoms with Crippen molar-refractivity contribution in [2.24, 2.45) is 0 Å². The average molecular weight is 422 g/mol. The largest absolute Gasteiger partial charge is 0.494 e. The molecule has 0 N–H and O–H groups in total. The fourth-order valence-corrected chi connectivity index (χ4v) is 4.11. The van der Waals surface area contributed by atoms with Gasteiger partial charge in [0.25, 0.3) is 0 Å². The van der Waals surface area contributed by atoms with E-state index in [4.69, 9.17) is 14.2 Å². The Kier molecular flexibility index (Phi) is 6.23. The Morgan fingerprint density at radius 3 is 2.61 bits per heavy atom. The van der Waals surface area contributed by atoms with Crippen LogP contribution >= 0.6 is 0 Å². The Balaban J connectivity index is 1.67. The minimum atomic E-state index is 0.202. The number of rotatable bonds is 7. The van der Waals surface area contributed by atoms with Crippen molar-refractivity contribution in [3.05, 3.63) is 53.0 Å². The second-order valence-corrected chi connectivity index (χ2v) is 8.29. The SMILES string of the molecule is CCOc1ccc(CN2CCC[C@@H]2c2nc(N(C)C)ncc2-c2onc(C)c2C)cc1. The van der Waals surface area contributed by atoms with Crippen LogP contribution in [-0.2, 0) is 6.54 Å². The standard InChI is InChI=1S/C24H31N5O2/c1-6-30-19-11-9-18(10-12-19)15-29-13-7-8-21(29)22-20(14-25-24(26-22)28(4)5)23-16(2)17(3)27-31-23/h9-12,14,21H,6-8,13,15H2,1-5H3/t21-/m1/s1. The van der Waals surface area contributed by atoms with Crippen molar-refractivity contribution < 1.29 is 9.26 Å². The molecule has 3 heterocycles. The van der Waals surface area contributed by atoms with Crippen LogP contribution in [0.25, 0.3) is 11.3 Å². The van der Waals surface area contributed by atoms with Gasteiger partial charge in [-0.1, -0.05) is 17.3 Å². The van der Waals surface area contributed by atoms with Gasteiger partial charge in [-0.15, -0.1) is 0 Å². The number of hydrogen-bond donors (Lipinski definition) is 0. The Morgan fingerprint density at radius 2 is 1.97 bits per heavy atom. The number of aryl methyl sites for hydroxylation is 1. The van der Waals surface area contributed by atoms with E-state index in [1.807, 2.05) is 58.1 Å². The van der Waals surface area contributed by atoms with Gasteiger partial charge >= 0.3 is 0 Å². The molecule has 7 heteroatoms. The first-order valence-corrected chi connectivity index (χ1v) is 10.9. The maximum atomic E-state index is 5.70. The lowest BCUT2D eigenvalue weighted by molar-refractivity contribution is 0.244. The first-order valence-electron chi connectivity index (χ1n) is 10.9. The van der Waals surface area contributed by atoms with Gasteiger partial charge in [0.2, 0.25) is 5.95 Å². The van der Waals surface area contributed by atoms with E-state index in [0.29, 0.717) is 12.6 Å². The summed E-state index contributed by atoms with van der Waals surface area (Å²) in [5.41, 5.74) is 5.16. The van der Waals surface area contributed by atoms with Gasteiger partial charge in [0, 0.05) is 32.4 Å². The van der Waals surface area contributed by atoms with Gasteiger partial charge in [-0.2, -0.15) is 0 Å². The van der Waals surface area contributed by atoms with Crippen LogP contribution in [0.1, 0.15) is 48.3 Å². The molecule has 1 saturated heterocycles. The number of hydrogen-bond acceptors (Lipinski definition) is 7. The number of aromatic nitrogens is 3. The van der Waals surface area contributed by atoms with Crippen molar-refractivity contribution in [3.8, 4) is 17.1 Å². The van der Waals surface area contributed by atoms with Gasteiger partial charge in [-0.25, -0.2) is 9.97 Å². The summed E-state index contributed by atoms with van der Waals surface area (Å²) in [5, 5.41) is 4.16. The molecule has 1 fully saturated rings. The van der Waals surface area contributed by atoms with Crippen molar-refractivity contribution in [3.63, 3.8) is 0 Å². The van der Waals surface area contributed by atoms with Crippen LogP contribution in [0.5, 0.6) is 5.75 Å². The molecule has 0 radical (unpaired) electrons. The lowest BCUT2D eigenvalue weighted by atomic mass is 10.0. The molecule has 0 unspecified atom stereocenters. The molecule has 1 aliphatic rings. The minimum absolute atomic E-state index is 0.202. The molecule has 1 aliphatic heterocycles. The number of benzene rings is 1. The Labute approximate surface area is 184 Å². The predicted molar refractivity (Wildman–Crippen MR) is 121 cm³/mol. The molecule has 1 atom stereocenters. The average Bonchev–Trinajstić information content (AvgIpc) is 3.36. The van der Waals surface area contributed by atoms with Gasteiger partial charge in [0.05, 0.1) is 29.6 Å². The van der Waals surface area contributed by atoms with Gasteiger partial charge in [-0.3, -0.25) is 4.90 Å². The van der Waals surface area contributed by atoms with E-state index in [9.17, 15) is 0 Å². The summed E-state index contributed by atoms with van der Waals surface area (Å²) in [7, 11) is 3.93. The molecule has 7 nitrogen and oxygen atoms in total. The molecule has 0 saturated carbocycles. The highest BCUT2D eigenvalue weighted by Gasteiger charge is 2.31. The van der Waals surface area contributed by atoms with E-state index in [0.717, 1.165) is 60.0 Å². The quantitative estimate of drug-likeness (QED) is 0.554. The second kappa shape index (κ2) is 9.06. The first kappa shape index (κ1) is 21.3. The lowest BCUT2D eigenvalue weighted by Gasteiger charge is -2.26. The van der Waals surface area contributed by atoms with E-state index in [-0.39, 0.29) is 6.04 Å². The highest BCUT2D eigenvalue weighted by molar-refractivity contribution is 5.65. The highest BCUT2D eigenvalue weighted by Crippen LogP contribution is 2.39. The lowest BCUT2D eigenvalue weighted by Crippen LogP contribution is -2.25. The molecule has 0 spiro atoms. The van der Waals surface area contributed by atoms with E-state index in [1.54, 1.807) is 0 Å². The van der Waals surface area contributed by atoms with Gasteiger partial charge in [-0.05, 0) is 57.9 Å². The van der Waals surface area contributed by atoms with Crippen LogP contribution in [0.2, 0.25) is 0 Å². The van der Waals surface area contributed by atoms with Crippen molar-refractivity contribution in [1.29, 1.82) is 0 Å². The topological polar surface area (TPSA) is 67.5 Å². The summed E-state index contributed by atoms with van der Waals surface area (Å²) in [6.45, 7) is 8.59. The number of nitrogens with zero attached hydrogens (tertiary/aromatic N) is 5. The molecule has 0 aliphatic carbocycles. The molecule has 2 aromatic heterocycles. The molecule has 0 bridgehead atoms. The predicted octanol–water partition coefficient (Wildman–Crippen LogP) is 4.55. The van der Waals surface area contributed by atoms with Crippen molar-refractivity contribution in [2.75, 3.05) is 32.1 Å². The van der Waals surface area contributed by atoms with Gasteiger partial charge in [0.1, 0.15) is 5.75 Å². The maximum absolute atomic E-state index is 5.70. The zero-order valence-corrected chi connectivity index (χ0v) is 19.1. The second-order valence-electron chi connectivity index (χ2n) is 8.29. The van der Waals surface area contributed by atoms with Crippen LogP contribution in [0.3, 0.4) is 0 Å². The van der Waals surface area contributed by atoms with Crippen molar-refractivity contribution in [1.82, 2.24) is 20.0 Å². The van der Waals surface area contributed by atoms with Crippen LogP contribution in [0, 0.1) is 13.8 Å². The summed E-state index contributed by atoms with van der Waals surface area (Å²) in [6, 6.07) is 8.59. The number of anilines is 1. The molecule has 1 aromatic carbocycles. The zero-order valence-electron chi connectivity index (χ0n) is 19.1. The summed E-state index contributed by atoms with van der Waals surface area (Å²) in [6.07, 6.45) is 4.08. The van der Waals surface area contributed by atoms with E-state index >= 15 is 0 Å². The molecular formula is C24H31N5O2. The fourth-order valence-electron chi connectivity index (χ4n) is 4.11. The third kappa shape index (κ3) is 4.42. The maximum Gasteiger partial charge on any atom is 0.225 e. The van der Waals surface area contributed by atoms with E-state index in [1.165, 1.54) is 5.56 Å². The van der Waals surface area contributed by atoms with E-state index < -0.39 is 0 Å². The third-order valence-electron chi connectivity index (χ3n) is 5.91. The van der Waals surface area contributed by atoms with E-state index in [2.05, 4.69) is 27.2 Å². The summed E-state index contributed by atoms with van der Waals surface area (Å²) in [5.74, 6) is 2.39. The van der Waals surface area contributed by atoms with Gasteiger partial charge in [0.15, 0.2) is 5.76 Å². The Hall–Kier alpha value is -2.93. The Morgan fingerprint density at radius 1 is 1.19 bits per heavy atom. The fraction of sp³-hybridized carbons (Fsp3) is 0.458. The highest BCUT2D eigenvalue weighted by atomic mass is 16.5. The molecular weight excluding hydrogens is 390 g/mol. The van der Waals surface area contributed by atoms with Gasteiger partial charge < -0.3 is 14.2 Å². The summed E-state index contributed by atoms with van der Waals surface area (Å²) >= 11 is 0. The molecule has 0 amide bonds. The summed E-state index contributed by atoms with van der Waals surface area (Å²) in [4.78, 5) is 14.0. The van der Waals surface area contributed by atoms with Crippen molar-refractivity contribution >= 4 is 5.95 Å². The van der Waals surface area contributed by atoms with Crippen LogP contribution < -0.4 is 9.64 Å². The summed E-state index contributed by atoms with van der Waals surface area (Å²) < 4.78 is 11.3. The number of ether oxygens (including phenoxy) is 1. The molecule has 4 rings (SSSR count). The number of likely N-dealkylation sites (tertiary alicyclic amines) is 1. The zero-order chi connectivity index (χ0) is 22.0. The Bertz CT molecular complexity index is 1030. The van der Waals surface area contributed by atoms with Crippen LogP contribution in [0.4, 0.5) is 5.95 Å².